The van der Waals surface area contributed by atoms with Crippen LogP contribution in [0.15, 0.2) is 34.9 Å². The Balaban J connectivity index is 1.75. The number of aromatic nitrogens is 1. The molecule has 0 saturated carbocycles. The Bertz CT molecular complexity index is 703. The molecule has 0 unspecified atom stereocenters. The molecule has 2 heterocycles. The minimum absolute atomic E-state index is 0.0948. The van der Waals surface area contributed by atoms with Gasteiger partial charge in [0.15, 0.2) is 5.76 Å². The van der Waals surface area contributed by atoms with Crippen molar-refractivity contribution in [2.45, 2.75) is 45.6 Å². The molecule has 1 aromatic carbocycles. The van der Waals surface area contributed by atoms with Crippen LogP contribution >= 0.6 is 0 Å². The molecule has 1 saturated heterocycles. The van der Waals surface area contributed by atoms with E-state index in [1.54, 1.807) is 0 Å². The monoisotopic (exact) mass is 341 g/mol. The zero-order chi connectivity index (χ0) is 17.8. The van der Waals surface area contributed by atoms with Gasteiger partial charge < -0.3 is 9.84 Å². The van der Waals surface area contributed by atoms with Gasteiger partial charge in [0.2, 0.25) is 0 Å². The minimum Gasteiger partial charge on any atom is -0.360 e. The molecular formula is C20H27N3O2. The maximum Gasteiger partial charge on any atom is 0.256 e. The van der Waals surface area contributed by atoms with Gasteiger partial charge in [-0.15, -0.1) is 0 Å². The highest BCUT2D eigenvalue weighted by Crippen LogP contribution is 2.25. The van der Waals surface area contributed by atoms with Gasteiger partial charge >= 0.3 is 0 Å². The highest BCUT2D eigenvalue weighted by Gasteiger charge is 2.26. The summed E-state index contributed by atoms with van der Waals surface area (Å²) < 4.78 is 5.35. The van der Waals surface area contributed by atoms with Crippen molar-refractivity contribution in [2.75, 3.05) is 19.6 Å². The molecule has 2 aromatic rings. The Hall–Kier alpha value is -2.14. The molecule has 0 radical (unpaired) electrons. The van der Waals surface area contributed by atoms with Gasteiger partial charge in [0.05, 0.1) is 11.7 Å². The molecule has 0 bridgehead atoms. The van der Waals surface area contributed by atoms with Gasteiger partial charge in [-0.25, -0.2) is 0 Å². The van der Waals surface area contributed by atoms with Crippen molar-refractivity contribution in [1.82, 2.24) is 15.4 Å². The third-order valence-corrected chi connectivity index (χ3v) is 4.86. The van der Waals surface area contributed by atoms with Crippen LogP contribution in [0.5, 0.6) is 0 Å². The van der Waals surface area contributed by atoms with E-state index in [2.05, 4.69) is 39.6 Å². The van der Waals surface area contributed by atoms with Gasteiger partial charge in [0.25, 0.3) is 5.91 Å². The lowest BCUT2D eigenvalue weighted by Crippen LogP contribution is -2.37. The molecule has 0 spiro atoms. The number of likely N-dealkylation sites (tertiary alicyclic amines) is 1. The Morgan fingerprint density at radius 3 is 2.56 bits per heavy atom. The van der Waals surface area contributed by atoms with E-state index in [9.17, 15) is 4.79 Å². The second-order valence-corrected chi connectivity index (χ2v) is 7.04. The van der Waals surface area contributed by atoms with Crippen LogP contribution in [0.1, 0.15) is 66.0 Å². The van der Waals surface area contributed by atoms with E-state index in [-0.39, 0.29) is 17.9 Å². The second kappa shape index (κ2) is 7.83. The van der Waals surface area contributed by atoms with Gasteiger partial charge in [-0.05, 0) is 38.4 Å². The van der Waals surface area contributed by atoms with E-state index in [1.807, 2.05) is 26.8 Å². The van der Waals surface area contributed by atoms with Crippen molar-refractivity contribution in [3.63, 3.8) is 0 Å². The van der Waals surface area contributed by atoms with Crippen LogP contribution in [0.2, 0.25) is 0 Å². The Morgan fingerprint density at radius 2 is 1.92 bits per heavy atom. The molecule has 25 heavy (non-hydrogen) atoms. The number of aryl methyl sites for hydroxylation is 1. The van der Waals surface area contributed by atoms with Gasteiger partial charge in [-0.3, -0.25) is 9.69 Å². The standard InChI is InChI=1S/C20H27N3O2/c1-14(2)19-18(15(3)22-25-19)20(24)21-13-17(23-11-7-8-12-23)16-9-5-4-6-10-16/h4-6,9-10,14,17H,7-8,11-13H2,1-3H3,(H,21,24)/t17-/m0/s1. The van der Waals surface area contributed by atoms with Crippen LogP contribution in [0.3, 0.4) is 0 Å². The Kier molecular flexibility index (Phi) is 5.53. The fraction of sp³-hybridized carbons (Fsp3) is 0.500. The highest BCUT2D eigenvalue weighted by atomic mass is 16.5. The van der Waals surface area contributed by atoms with Crippen molar-refractivity contribution in [3.8, 4) is 0 Å². The van der Waals surface area contributed by atoms with Crippen LogP contribution < -0.4 is 5.32 Å². The van der Waals surface area contributed by atoms with Crippen molar-refractivity contribution in [2.24, 2.45) is 0 Å². The van der Waals surface area contributed by atoms with E-state index >= 15 is 0 Å². The van der Waals surface area contributed by atoms with Crippen molar-refractivity contribution in [1.29, 1.82) is 0 Å². The molecule has 3 rings (SSSR count). The van der Waals surface area contributed by atoms with E-state index in [4.69, 9.17) is 4.52 Å². The van der Waals surface area contributed by atoms with E-state index in [0.717, 1.165) is 13.1 Å². The predicted molar refractivity (Wildman–Crippen MR) is 97.7 cm³/mol. The lowest BCUT2D eigenvalue weighted by molar-refractivity contribution is 0.0935. The van der Waals surface area contributed by atoms with Gasteiger partial charge in [-0.2, -0.15) is 0 Å². The van der Waals surface area contributed by atoms with Crippen LogP contribution in [-0.2, 0) is 0 Å². The van der Waals surface area contributed by atoms with Crippen LogP contribution in [0.25, 0.3) is 0 Å². The fourth-order valence-electron chi connectivity index (χ4n) is 3.52. The minimum atomic E-state index is -0.0948. The molecule has 1 N–H and O–H groups in total. The molecule has 1 aliphatic rings. The Morgan fingerprint density at radius 1 is 1.24 bits per heavy atom. The first kappa shape index (κ1) is 17.7. The summed E-state index contributed by atoms with van der Waals surface area (Å²) in [5.74, 6) is 0.695. The number of nitrogens with one attached hydrogen (secondary N) is 1. The van der Waals surface area contributed by atoms with E-state index in [0.29, 0.717) is 23.6 Å². The first-order chi connectivity index (χ1) is 12.1. The Labute approximate surface area is 149 Å². The fourth-order valence-corrected chi connectivity index (χ4v) is 3.52. The highest BCUT2D eigenvalue weighted by molar-refractivity contribution is 5.96. The summed E-state index contributed by atoms with van der Waals surface area (Å²) in [6, 6.07) is 10.6. The first-order valence-corrected chi connectivity index (χ1v) is 9.11. The molecule has 1 atom stereocenters. The van der Waals surface area contributed by atoms with Crippen LogP contribution in [0, 0.1) is 6.92 Å². The normalized spacial score (nSPS) is 16.3. The number of amides is 1. The molecular weight excluding hydrogens is 314 g/mol. The molecule has 1 fully saturated rings. The maximum atomic E-state index is 12.8. The van der Waals surface area contributed by atoms with Crippen LogP contribution in [0.4, 0.5) is 0 Å². The molecule has 1 amide bonds. The SMILES string of the molecule is Cc1noc(C(C)C)c1C(=O)NC[C@@H](c1ccccc1)N1CCCC1. The number of carbonyl (C=O) groups is 1. The smallest absolute Gasteiger partial charge is 0.256 e. The quantitative estimate of drug-likeness (QED) is 0.871. The lowest BCUT2D eigenvalue weighted by atomic mass is 10.0. The second-order valence-electron chi connectivity index (χ2n) is 7.04. The zero-order valence-electron chi connectivity index (χ0n) is 15.3. The average Bonchev–Trinajstić information content (AvgIpc) is 3.25. The van der Waals surface area contributed by atoms with Crippen molar-refractivity contribution < 1.29 is 9.32 Å². The molecule has 5 heteroatoms. The average molecular weight is 341 g/mol. The summed E-state index contributed by atoms with van der Waals surface area (Å²) in [4.78, 5) is 15.2. The van der Waals surface area contributed by atoms with Gasteiger partial charge in [-0.1, -0.05) is 49.3 Å². The molecule has 1 aromatic heterocycles. The summed E-state index contributed by atoms with van der Waals surface area (Å²) in [5.41, 5.74) is 2.48. The van der Waals surface area contributed by atoms with Crippen molar-refractivity contribution in [3.05, 3.63) is 52.9 Å². The number of rotatable bonds is 6. The summed E-state index contributed by atoms with van der Waals surface area (Å²) in [6.07, 6.45) is 2.44. The van der Waals surface area contributed by atoms with Gasteiger partial charge in [0, 0.05) is 12.5 Å². The topological polar surface area (TPSA) is 58.4 Å². The number of benzene rings is 1. The summed E-state index contributed by atoms with van der Waals surface area (Å²) in [7, 11) is 0. The van der Waals surface area contributed by atoms with E-state index < -0.39 is 0 Å². The maximum absolute atomic E-state index is 12.8. The number of carbonyl (C=O) groups excluding carboxylic acids is 1. The van der Waals surface area contributed by atoms with Crippen LogP contribution in [-0.4, -0.2) is 35.6 Å². The molecule has 0 aliphatic carbocycles. The van der Waals surface area contributed by atoms with E-state index in [1.165, 1.54) is 18.4 Å². The summed E-state index contributed by atoms with van der Waals surface area (Å²) in [5, 5.41) is 7.09. The number of hydrogen-bond donors (Lipinski definition) is 1. The van der Waals surface area contributed by atoms with Gasteiger partial charge in [0.1, 0.15) is 5.56 Å². The lowest BCUT2D eigenvalue weighted by Gasteiger charge is -2.28. The summed E-state index contributed by atoms with van der Waals surface area (Å²) in [6.45, 7) is 8.59. The third-order valence-electron chi connectivity index (χ3n) is 4.86. The molecule has 5 nitrogen and oxygen atoms in total. The first-order valence-electron chi connectivity index (χ1n) is 9.11. The number of hydrogen-bond acceptors (Lipinski definition) is 4. The summed E-state index contributed by atoms with van der Waals surface area (Å²) >= 11 is 0. The zero-order valence-corrected chi connectivity index (χ0v) is 15.3. The number of nitrogens with zero attached hydrogens (tertiary/aromatic N) is 2. The largest absolute Gasteiger partial charge is 0.360 e. The predicted octanol–water partition coefficient (Wildman–Crippen LogP) is 3.67. The van der Waals surface area contributed by atoms with Crippen molar-refractivity contribution >= 4 is 5.91 Å². The molecule has 134 valence electrons. The third kappa shape index (κ3) is 3.93. The molecule has 1 aliphatic heterocycles.